The molecule has 4 aliphatic heterocycles. The van der Waals surface area contributed by atoms with Gasteiger partial charge in [-0.1, -0.05) is 23.7 Å². The zero-order chi connectivity index (χ0) is 32.0. The van der Waals surface area contributed by atoms with Gasteiger partial charge in [0.05, 0.1) is 10.6 Å². The van der Waals surface area contributed by atoms with Crippen molar-refractivity contribution in [2.75, 3.05) is 84.3 Å². The van der Waals surface area contributed by atoms with E-state index in [9.17, 15) is 27.9 Å². The molecule has 4 heterocycles. The van der Waals surface area contributed by atoms with Gasteiger partial charge in [-0.25, -0.2) is 28.0 Å². The first-order valence-electron chi connectivity index (χ1n) is 15.3. The normalized spacial score (nSPS) is 21.1. The summed E-state index contributed by atoms with van der Waals surface area (Å²) >= 11 is 5.97. The van der Waals surface area contributed by atoms with Gasteiger partial charge < -0.3 is 26.0 Å². The summed E-state index contributed by atoms with van der Waals surface area (Å²) in [6, 6.07) is 9.66. The van der Waals surface area contributed by atoms with Crippen LogP contribution in [-0.2, 0) is 14.6 Å². The zero-order valence-corrected chi connectivity index (χ0v) is 26.7. The van der Waals surface area contributed by atoms with Gasteiger partial charge in [-0.3, -0.25) is 14.8 Å². The minimum absolute atomic E-state index is 0.0418. The molecule has 246 valence electrons. The Morgan fingerprint density at radius 1 is 0.778 bits per heavy atom. The van der Waals surface area contributed by atoms with E-state index in [1.165, 1.54) is 17.0 Å². The van der Waals surface area contributed by atoms with Crippen LogP contribution in [0, 0.1) is 0 Å². The van der Waals surface area contributed by atoms with Gasteiger partial charge in [-0.05, 0) is 47.9 Å². The number of halogens is 1. The van der Waals surface area contributed by atoms with Crippen LogP contribution in [0.5, 0.6) is 0 Å². The maximum atomic E-state index is 12.8. The Morgan fingerprint density at radius 2 is 1.33 bits per heavy atom. The number of amides is 5. The minimum Gasteiger partial charge on any atom is -0.382 e. The summed E-state index contributed by atoms with van der Waals surface area (Å²) < 4.78 is 25.6. The second-order valence-electron chi connectivity index (χ2n) is 11.4. The Bertz CT molecular complexity index is 1480. The van der Waals surface area contributed by atoms with Crippen LogP contribution in [0.15, 0.2) is 41.3 Å². The quantitative estimate of drug-likeness (QED) is 0.342. The third kappa shape index (κ3) is 8.34. The SMILES string of the molecule is O=C([C@H](O)CS(=O)(=O)c1ccc2cc(Cl)ccc2c1)N1CCN(N2CCCNC2=O)CC1.O=C1NCCCN1N1CCNCC1. The van der Waals surface area contributed by atoms with E-state index in [0.717, 1.165) is 57.5 Å². The van der Waals surface area contributed by atoms with E-state index >= 15 is 0 Å². The first-order valence-corrected chi connectivity index (χ1v) is 17.4. The van der Waals surface area contributed by atoms with Crippen LogP contribution in [0.4, 0.5) is 9.59 Å². The van der Waals surface area contributed by atoms with E-state index in [0.29, 0.717) is 49.7 Å². The van der Waals surface area contributed by atoms with E-state index in [4.69, 9.17) is 11.6 Å². The topological polar surface area (TPSA) is 158 Å². The van der Waals surface area contributed by atoms with Crippen molar-refractivity contribution >= 4 is 50.2 Å². The van der Waals surface area contributed by atoms with Gasteiger partial charge in [0, 0.05) is 83.6 Å². The molecule has 4 aliphatic rings. The van der Waals surface area contributed by atoms with Crippen LogP contribution >= 0.6 is 11.6 Å². The molecule has 1 atom stereocenters. The number of carbonyl (C=O) groups excluding carboxylic acids is 3. The summed E-state index contributed by atoms with van der Waals surface area (Å²) in [6.45, 7) is 8.27. The maximum Gasteiger partial charge on any atom is 0.331 e. The molecule has 4 saturated heterocycles. The molecular formula is C29H41ClN8O6S. The van der Waals surface area contributed by atoms with Crippen LogP contribution in [0.2, 0.25) is 5.02 Å². The number of sulfone groups is 1. The van der Waals surface area contributed by atoms with Crippen LogP contribution in [0.25, 0.3) is 10.8 Å². The first-order chi connectivity index (χ1) is 21.6. The van der Waals surface area contributed by atoms with Gasteiger partial charge in [0.15, 0.2) is 9.84 Å². The van der Waals surface area contributed by atoms with Crippen molar-refractivity contribution in [3.8, 4) is 0 Å². The molecule has 14 nitrogen and oxygen atoms in total. The number of hydrogen-bond donors (Lipinski definition) is 4. The first kappa shape index (κ1) is 33.2. The third-order valence-corrected chi connectivity index (χ3v) is 10.2. The molecule has 6 rings (SSSR count). The number of fused-ring (bicyclic) bond motifs is 1. The second-order valence-corrected chi connectivity index (χ2v) is 13.8. The lowest BCUT2D eigenvalue weighted by Gasteiger charge is -2.42. The lowest BCUT2D eigenvalue weighted by molar-refractivity contribution is -0.143. The van der Waals surface area contributed by atoms with Gasteiger partial charge in [-0.2, -0.15) is 0 Å². The highest BCUT2D eigenvalue weighted by atomic mass is 35.5. The van der Waals surface area contributed by atoms with Crippen molar-refractivity contribution in [1.29, 1.82) is 0 Å². The molecule has 4 N–H and O–H groups in total. The Hall–Kier alpha value is -3.21. The third-order valence-electron chi connectivity index (χ3n) is 8.25. The van der Waals surface area contributed by atoms with Gasteiger partial charge in [0.1, 0.15) is 6.10 Å². The minimum atomic E-state index is -3.88. The molecule has 0 aliphatic carbocycles. The molecule has 5 amide bonds. The molecule has 45 heavy (non-hydrogen) atoms. The predicted octanol–water partition coefficient (Wildman–Crippen LogP) is 0.324. The van der Waals surface area contributed by atoms with Crippen LogP contribution in [-0.4, -0.2) is 147 Å². The fourth-order valence-electron chi connectivity index (χ4n) is 5.80. The van der Waals surface area contributed by atoms with Gasteiger partial charge in [0.25, 0.3) is 5.91 Å². The summed E-state index contributed by atoms with van der Waals surface area (Å²) in [6.07, 6.45) is 0.240. The number of nitrogens with one attached hydrogen (secondary N) is 3. The average Bonchev–Trinajstić information content (AvgIpc) is 3.05. The van der Waals surface area contributed by atoms with Gasteiger partial charge >= 0.3 is 12.1 Å². The number of nitrogens with zero attached hydrogens (tertiary/aromatic N) is 5. The lowest BCUT2D eigenvalue weighted by Crippen LogP contribution is -2.61. The number of urea groups is 2. The van der Waals surface area contributed by atoms with Crippen LogP contribution in [0.3, 0.4) is 0 Å². The van der Waals surface area contributed by atoms with Crippen molar-refractivity contribution in [3.63, 3.8) is 0 Å². The molecular weight excluding hydrogens is 624 g/mol. The van der Waals surface area contributed by atoms with Crippen molar-refractivity contribution in [1.82, 2.24) is 40.9 Å². The average molecular weight is 665 g/mol. The highest BCUT2D eigenvalue weighted by molar-refractivity contribution is 7.91. The lowest BCUT2D eigenvalue weighted by atomic mass is 10.1. The molecule has 0 radical (unpaired) electrons. The largest absolute Gasteiger partial charge is 0.382 e. The Balaban J connectivity index is 0.000000256. The summed E-state index contributed by atoms with van der Waals surface area (Å²) in [4.78, 5) is 37.6. The summed E-state index contributed by atoms with van der Waals surface area (Å²) in [5, 5.41) is 28.8. The number of hydrogen-bond acceptors (Lipinski definition) is 9. The summed E-state index contributed by atoms with van der Waals surface area (Å²) in [7, 11) is -3.88. The predicted molar refractivity (Wildman–Crippen MR) is 169 cm³/mol. The molecule has 0 bridgehead atoms. The molecule has 0 unspecified atom stereocenters. The van der Waals surface area contributed by atoms with Crippen molar-refractivity contribution in [2.45, 2.75) is 23.8 Å². The zero-order valence-electron chi connectivity index (χ0n) is 25.2. The number of benzene rings is 2. The molecule has 2 aromatic rings. The Morgan fingerprint density at radius 3 is 1.93 bits per heavy atom. The monoisotopic (exact) mass is 664 g/mol. The van der Waals surface area contributed by atoms with Crippen molar-refractivity contribution in [3.05, 3.63) is 41.4 Å². The highest BCUT2D eigenvalue weighted by Crippen LogP contribution is 2.24. The van der Waals surface area contributed by atoms with E-state index in [-0.39, 0.29) is 17.0 Å². The number of aliphatic hydroxyl groups is 1. The van der Waals surface area contributed by atoms with Crippen molar-refractivity contribution in [2.24, 2.45) is 0 Å². The van der Waals surface area contributed by atoms with Crippen LogP contribution in [0.1, 0.15) is 12.8 Å². The number of piperazine rings is 2. The van der Waals surface area contributed by atoms with E-state index in [1.807, 2.05) is 10.0 Å². The maximum absolute atomic E-state index is 12.8. The van der Waals surface area contributed by atoms with Crippen molar-refractivity contribution < 1.29 is 27.9 Å². The highest BCUT2D eigenvalue weighted by Gasteiger charge is 2.33. The second kappa shape index (κ2) is 14.9. The summed E-state index contributed by atoms with van der Waals surface area (Å²) in [5.74, 6) is -1.32. The number of rotatable bonds is 6. The molecule has 0 aromatic heterocycles. The number of carbonyl (C=O) groups is 3. The Kier molecular flexibility index (Phi) is 11.0. The fourth-order valence-corrected chi connectivity index (χ4v) is 7.31. The molecule has 0 saturated carbocycles. The van der Waals surface area contributed by atoms with E-state index < -0.39 is 27.6 Å². The van der Waals surface area contributed by atoms with Gasteiger partial charge in [-0.15, -0.1) is 0 Å². The molecule has 0 spiro atoms. The standard InChI is InChI=1S/C21H25ClN4O5S.C8H16N4O/c22-17-4-2-16-13-18(5-3-15(16)12-17)32(30,31)14-19(27)20(28)24-8-10-25(11-9-24)26-7-1-6-23-21(26)29;13-8-10-2-1-5-12(8)11-6-3-9-4-7-11/h2-5,12-13,19,27H,1,6-11,14H2,(H,23,29);9H,1-7H2,(H,10,13)/t19-;/m1./s1. The van der Waals surface area contributed by atoms with Crippen LogP contribution < -0.4 is 16.0 Å². The Labute approximate surface area is 268 Å². The molecule has 4 fully saturated rings. The smallest absolute Gasteiger partial charge is 0.331 e. The number of hydrazine groups is 2. The summed E-state index contributed by atoms with van der Waals surface area (Å²) in [5.41, 5.74) is 0. The number of aliphatic hydroxyl groups excluding tert-OH is 1. The molecule has 16 heteroatoms. The van der Waals surface area contributed by atoms with E-state index in [1.54, 1.807) is 29.3 Å². The van der Waals surface area contributed by atoms with E-state index in [2.05, 4.69) is 21.0 Å². The fraction of sp³-hybridized carbons (Fsp3) is 0.552. The van der Waals surface area contributed by atoms with Gasteiger partial charge in [0.2, 0.25) is 0 Å². The molecule has 2 aromatic carbocycles.